The molecule has 0 heterocycles. The molecule has 0 atom stereocenters. The van der Waals surface area contributed by atoms with Gasteiger partial charge in [-0.05, 0) is 34.9 Å². The summed E-state index contributed by atoms with van der Waals surface area (Å²) < 4.78 is 12.9. The van der Waals surface area contributed by atoms with Gasteiger partial charge in [-0.3, -0.25) is 0 Å². The molecule has 0 unspecified atom stereocenters. The molecule has 0 spiro atoms. The van der Waals surface area contributed by atoms with Crippen molar-refractivity contribution in [2.75, 3.05) is 0 Å². The van der Waals surface area contributed by atoms with Crippen molar-refractivity contribution in [3.05, 3.63) is 77.6 Å². The molecule has 2 nitrogen and oxygen atoms in total. The van der Waals surface area contributed by atoms with Gasteiger partial charge in [0.1, 0.15) is 12.4 Å². The number of hydrogen-bond donors (Lipinski definition) is 0. The SMILES string of the molecule is C=Cc1cccc(CON=Cc2cccc(F)c2)c1. The normalized spacial score (nSPS) is 10.6. The largest absolute Gasteiger partial charge is 0.391 e. The van der Waals surface area contributed by atoms with E-state index < -0.39 is 0 Å². The van der Waals surface area contributed by atoms with Crippen molar-refractivity contribution in [2.45, 2.75) is 6.61 Å². The number of benzene rings is 2. The van der Waals surface area contributed by atoms with Crippen LogP contribution in [0.25, 0.3) is 6.08 Å². The molecule has 0 fully saturated rings. The molecule has 0 radical (unpaired) electrons. The molecule has 0 aromatic heterocycles. The minimum atomic E-state index is -0.289. The van der Waals surface area contributed by atoms with Crippen LogP contribution in [0.15, 0.2) is 60.3 Å². The topological polar surface area (TPSA) is 21.6 Å². The molecule has 19 heavy (non-hydrogen) atoms. The molecule has 0 bridgehead atoms. The summed E-state index contributed by atoms with van der Waals surface area (Å²) in [6, 6.07) is 14.0. The van der Waals surface area contributed by atoms with Gasteiger partial charge in [-0.1, -0.05) is 48.1 Å². The Kier molecular flexibility index (Phi) is 4.45. The van der Waals surface area contributed by atoms with Crippen molar-refractivity contribution in [1.29, 1.82) is 0 Å². The molecule has 2 rings (SSSR count). The van der Waals surface area contributed by atoms with Crippen molar-refractivity contribution >= 4 is 12.3 Å². The van der Waals surface area contributed by atoms with E-state index in [0.717, 1.165) is 11.1 Å². The molecule has 2 aromatic rings. The van der Waals surface area contributed by atoms with Gasteiger partial charge in [0, 0.05) is 0 Å². The van der Waals surface area contributed by atoms with Crippen molar-refractivity contribution in [3.63, 3.8) is 0 Å². The first kappa shape index (κ1) is 13.0. The zero-order valence-electron chi connectivity index (χ0n) is 10.4. The van der Waals surface area contributed by atoms with Gasteiger partial charge >= 0.3 is 0 Å². The summed E-state index contributed by atoms with van der Waals surface area (Å²) in [7, 11) is 0. The summed E-state index contributed by atoms with van der Waals surface area (Å²) in [5.41, 5.74) is 2.71. The third kappa shape index (κ3) is 4.07. The van der Waals surface area contributed by atoms with E-state index in [9.17, 15) is 4.39 Å². The van der Waals surface area contributed by atoms with Crippen molar-refractivity contribution < 1.29 is 9.23 Å². The standard InChI is InChI=1S/C16H14FNO/c1-2-13-5-3-7-15(9-13)12-19-18-11-14-6-4-8-16(17)10-14/h2-11H,1,12H2. The van der Waals surface area contributed by atoms with Crippen LogP contribution in [0.4, 0.5) is 4.39 Å². The Morgan fingerprint density at radius 1 is 1.11 bits per heavy atom. The molecule has 2 aromatic carbocycles. The first-order valence-electron chi connectivity index (χ1n) is 5.90. The fourth-order valence-electron chi connectivity index (χ4n) is 1.61. The van der Waals surface area contributed by atoms with E-state index in [-0.39, 0.29) is 5.82 Å². The molecule has 96 valence electrons. The van der Waals surface area contributed by atoms with Crippen molar-refractivity contribution in [2.24, 2.45) is 5.16 Å². The summed E-state index contributed by atoms with van der Waals surface area (Å²) in [5.74, 6) is -0.289. The zero-order valence-corrected chi connectivity index (χ0v) is 10.4. The highest BCUT2D eigenvalue weighted by atomic mass is 19.1. The Morgan fingerprint density at radius 3 is 2.68 bits per heavy atom. The molecule has 0 N–H and O–H groups in total. The second-order valence-corrected chi connectivity index (χ2v) is 4.01. The highest BCUT2D eigenvalue weighted by Gasteiger charge is 1.94. The highest BCUT2D eigenvalue weighted by molar-refractivity contribution is 5.78. The van der Waals surface area contributed by atoms with E-state index in [1.165, 1.54) is 18.3 Å². The van der Waals surface area contributed by atoms with E-state index >= 15 is 0 Å². The van der Waals surface area contributed by atoms with Crippen LogP contribution in [0.5, 0.6) is 0 Å². The Hall–Kier alpha value is -2.42. The monoisotopic (exact) mass is 255 g/mol. The van der Waals surface area contributed by atoms with Crippen molar-refractivity contribution in [3.8, 4) is 0 Å². The van der Waals surface area contributed by atoms with Gasteiger partial charge in [0.15, 0.2) is 0 Å². The fraction of sp³-hybridized carbons (Fsp3) is 0.0625. The van der Waals surface area contributed by atoms with E-state index in [0.29, 0.717) is 12.2 Å². The lowest BCUT2D eigenvalue weighted by Gasteiger charge is -2.01. The highest BCUT2D eigenvalue weighted by Crippen LogP contribution is 2.08. The third-order valence-corrected chi connectivity index (χ3v) is 2.54. The first-order chi connectivity index (χ1) is 9.28. The maximum atomic E-state index is 12.9. The third-order valence-electron chi connectivity index (χ3n) is 2.54. The van der Waals surface area contributed by atoms with Crippen molar-refractivity contribution in [1.82, 2.24) is 0 Å². The lowest BCUT2D eigenvalue weighted by Crippen LogP contribution is -1.89. The maximum absolute atomic E-state index is 12.9. The summed E-state index contributed by atoms with van der Waals surface area (Å²) in [6.07, 6.45) is 3.26. The van der Waals surface area contributed by atoms with Crippen LogP contribution in [0.3, 0.4) is 0 Å². The second kappa shape index (κ2) is 6.50. The van der Waals surface area contributed by atoms with Gasteiger partial charge in [0.2, 0.25) is 0 Å². The van der Waals surface area contributed by atoms with Crippen LogP contribution in [0.2, 0.25) is 0 Å². The summed E-state index contributed by atoms with van der Waals surface area (Å²) in [6.45, 7) is 4.08. The van der Waals surface area contributed by atoms with Crippen LogP contribution in [0.1, 0.15) is 16.7 Å². The summed E-state index contributed by atoms with van der Waals surface area (Å²) in [4.78, 5) is 5.18. The number of rotatable bonds is 5. The predicted molar refractivity (Wildman–Crippen MR) is 75.3 cm³/mol. The second-order valence-electron chi connectivity index (χ2n) is 4.01. The first-order valence-corrected chi connectivity index (χ1v) is 5.90. The quantitative estimate of drug-likeness (QED) is 0.584. The van der Waals surface area contributed by atoms with E-state index in [4.69, 9.17) is 4.84 Å². The van der Waals surface area contributed by atoms with Gasteiger partial charge in [-0.2, -0.15) is 0 Å². The zero-order chi connectivity index (χ0) is 13.5. The van der Waals surface area contributed by atoms with Crippen LogP contribution < -0.4 is 0 Å². The predicted octanol–water partition coefficient (Wildman–Crippen LogP) is 4.02. The van der Waals surface area contributed by atoms with E-state index in [1.807, 2.05) is 24.3 Å². The average Bonchev–Trinajstić information content (AvgIpc) is 2.44. The van der Waals surface area contributed by atoms with Crippen LogP contribution in [-0.4, -0.2) is 6.21 Å². The molecule has 0 saturated heterocycles. The van der Waals surface area contributed by atoms with E-state index in [1.54, 1.807) is 18.2 Å². The molecular formula is C16H14FNO. The van der Waals surface area contributed by atoms with Crippen LogP contribution >= 0.6 is 0 Å². The van der Waals surface area contributed by atoms with Crippen LogP contribution in [0, 0.1) is 5.82 Å². The fourth-order valence-corrected chi connectivity index (χ4v) is 1.61. The molecule has 0 amide bonds. The Balaban J connectivity index is 1.91. The molecule has 0 aliphatic heterocycles. The lowest BCUT2D eigenvalue weighted by molar-refractivity contribution is 0.132. The van der Waals surface area contributed by atoms with Gasteiger partial charge in [0.05, 0.1) is 6.21 Å². The Morgan fingerprint density at radius 2 is 1.89 bits per heavy atom. The van der Waals surface area contributed by atoms with E-state index in [2.05, 4.69) is 11.7 Å². The molecule has 3 heteroatoms. The molecule has 0 saturated carbocycles. The average molecular weight is 255 g/mol. The minimum absolute atomic E-state index is 0.289. The Labute approximate surface area is 111 Å². The smallest absolute Gasteiger partial charge is 0.142 e. The lowest BCUT2D eigenvalue weighted by atomic mass is 10.1. The van der Waals surface area contributed by atoms with Gasteiger partial charge < -0.3 is 4.84 Å². The van der Waals surface area contributed by atoms with Crippen LogP contribution in [-0.2, 0) is 11.4 Å². The molecule has 0 aliphatic carbocycles. The Bertz CT molecular complexity index is 593. The molecule has 0 aliphatic rings. The van der Waals surface area contributed by atoms with Gasteiger partial charge in [-0.15, -0.1) is 0 Å². The number of oxime groups is 1. The minimum Gasteiger partial charge on any atom is -0.391 e. The summed E-state index contributed by atoms with van der Waals surface area (Å²) in [5, 5.41) is 3.82. The number of hydrogen-bond acceptors (Lipinski definition) is 2. The molecular weight excluding hydrogens is 241 g/mol. The number of nitrogens with zero attached hydrogens (tertiary/aromatic N) is 1. The number of halogens is 1. The van der Waals surface area contributed by atoms with Gasteiger partial charge in [0.25, 0.3) is 0 Å². The van der Waals surface area contributed by atoms with Gasteiger partial charge in [-0.25, -0.2) is 4.39 Å². The summed E-state index contributed by atoms with van der Waals surface area (Å²) >= 11 is 0. The maximum Gasteiger partial charge on any atom is 0.142 e.